The molecule has 0 saturated carbocycles. The van der Waals surface area contributed by atoms with Crippen molar-refractivity contribution >= 4 is 17.6 Å². The molecular weight excluding hydrogens is 405 g/mol. The number of anilines is 1. The summed E-state index contributed by atoms with van der Waals surface area (Å²) in [6.07, 6.45) is 1.48. The number of hydrogen-bond donors (Lipinski definition) is 1. The predicted molar refractivity (Wildman–Crippen MR) is 98.5 cm³/mol. The SMILES string of the molecule is Cc1ccc(CN2CCC3(CC(=O)N(c4cncnc4)C3)C2)o1.O=C(O)C(F)(F)F. The van der Waals surface area contributed by atoms with Gasteiger partial charge in [0.05, 0.1) is 24.6 Å². The molecule has 4 heterocycles. The maximum atomic E-state index is 12.4. The van der Waals surface area contributed by atoms with Gasteiger partial charge in [-0.1, -0.05) is 0 Å². The summed E-state index contributed by atoms with van der Waals surface area (Å²) in [5, 5.41) is 7.12. The predicted octanol–water partition coefficient (Wildman–Crippen LogP) is 2.64. The Kier molecular flexibility index (Phi) is 6.11. The molecule has 2 aliphatic rings. The van der Waals surface area contributed by atoms with Crippen LogP contribution < -0.4 is 4.90 Å². The third-order valence-electron chi connectivity index (χ3n) is 5.11. The van der Waals surface area contributed by atoms with E-state index in [1.165, 1.54) is 6.33 Å². The number of rotatable bonds is 3. The monoisotopic (exact) mass is 426 g/mol. The van der Waals surface area contributed by atoms with E-state index in [-0.39, 0.29) is 11.3 Å². The van der Waals surface area contributed by atoms with Crippen LogP contribution in [0, 0.1) is 12.3 Å². The number of nitrogens with zero attached hydrogens (tertiary/aromatic N) is 4. The number of carbonyl (C=O) groups excluding carboxylic acids is 1. The molecule has 1 atom stereocenters. The summed E-state index contributed by atoms with van der Waals surface area (Å²) in [5.74, 6) is -0.639. The quantitative estimate of drug-likeness (QED) is 0.805. The summed E-state index contributed by atoms with van der Waals surface area (Å²) in [5.41, 5.74) is 0.851. The zero-order valence-electron chi connectivity index (χ0n) is 16.2. The Morgan fingerprint density at radius 3 is 2.50 bits per heavy atom. The minimum absolute atomic E-state index is 0.0502. The van der Waals surface area contributed by atoms with Crippen molar-refractivity contribution in [2.45, 2.75) is 32.5 Å². The standard InChI is InChI=1S/C17H20N4O2.C2HF3O2/c1-13-2-3-15(23-13)9-20-5-4-17(10-20)6-16(22)21(11-17)14-7-18-12-19-8-14;3-2(4,5)1(6)7/h2-3,7-8,12H,4-6,9-11H2,1H3;(H,6,7). The summed E-state index contributed by atoms with van der Waals surface area (Å²) in [4.78, 5) is 33.6. The van der Waals surface area contributed by atoms with Crippen LogP contribution in [0.5, 0.6) is 0 Å². The molecule has 162 valence electrons. The number of amides is 1. The molecule has 11 heteroatoms. The van der Waals surface area contributed by atoms with Crippen molar-refractivity contribution in [1.29, 1.82) is 0 Å². The number of carboxylic acids is 1. The van der Waals surface area contributed by atoms with Crippen LogP contribution in [0.25, 0.3) is 0 Å². The van der Waals surface area contributed by atoms with Crippen molar-refractivity contribution in [3.05, 3.63) is 42.4 Å². The number of halogens is 3. The van der Waals surface area contributed by atoms with Crippen LogP contribution in [0.4, 0.5) is 18.9 Å². The van der Waals surface area contributed by atoms with Gasteiger partial charge in [-0.3, -0.25) is 9.69 Å². The molecule has 1 spiro atoms. The maximum Gasteiger partial charge on any atom is 0.490 e. The Morgan fingerprint density at radius 2 is 1.93 bits per heavy atom. The van der Waals surface area contributed by atoms with Gasteiger partial charge in [-0.25, -0.2) is 14.8 Å². The Hall–Kier alpha value is -2.95. The summed E-state index contributed by atoms with van der Waals surface area (Å²) >= 11 is 0. The largest absolute Gasteiger partial charge is 0.490 e. The van der Waals surface area contributed by atoms with Crippen LogP contribution in [0.1, 0.15) is 24.4 Å². The molecule has 1 N–H and O–H groups in total. The first-order valence-corrected chi connectivity index (χ1v) is 9.21. The van der Waals surface area contributed by atoms with E-state index in [1.807, 2.05) is 24.0 Å². The number of alkyl halides is 3. The highest BCUT2D eigenvalue weighted by Crippen LogP contribution is 2.42. The Bertz CT molecular complexity index is 903. The lowest BCUT2D eigenvalue weighted by Crippen LogP contribution is -2.31. The highest BCUT2D eigenvalue weighted by molar-refractivity contribution is 5.96. The highest BCUT2D eigenvalue weighted by Gasteiger charge is 2.47. The van der Waals surface area contributed by atoms with Gasteiger partial charge < -0.3 is 14.4 Å². The van der Waals surface area contributed by atoms with Crippen molar-refractivity contribution in [2.24, 2.45) is 5.41 Å². The molecule has 2 saturated heterocycles. The first-order chi connectivity index (χ1) is 14.1. The van der Waals surface area contributed by atoms with Gasteiger partial charge in [-0.05, 0) is 32.0 Å². The molecule has 0 radical (unpaired) electrons. The lowest BCUT2D eigenvalue weighted by Gasteiger charge is -2.23. The maximum absolute atomic E-state index is 12.4. The zero-order chi connectivity index (χ0) is 21.9. The van der Waals surface area contributed by atoms with Crippen molar-refractivity contribution < 1.29 is 32.3 Å². The first-order valence-electron chi connectivity index (χ1n) is 9.21. The minimum Gasteiger partial charge on any atom is -0.475 e. The average Bonchev–Trinajstić information content (AvgIpc) is 3.35. The number of aliphatic carboxylic acids is 1. The molecule has 30 heavy (non-hydrogen) atoms. The Labute approximate surface area is 170 Å². The summed E-state index contributed by atoms with van der Waals surface area (Å²) in [6.45, 7) is 5.48. The molecule has 2 fully saturated rings. The van der Waals surface area contributed by atoms with Gasteiger partial charge in [0.2, 0.25) is 5.91 Å². The molecule has 0 aliphatic carbocycles. The first kappa shape index (κ1) is 21.8. The van der Waals surface area contributed by atoms with E-state index < -0.39 is 12.1 Å². The third kappa shape index (κ3) is 5.15. The number of carboxylic acid groups (broad SMARTS) is 1. The third-order valence-corrected chi connectivity index (χ3v) is 5.11. The van der Waals surface area contributed by atoms with Crippen LogP contribution in [-0.2, 0) is 16.1 Å². The Morgan fingerprint density at radius 1 is 1.27 bits per heavy atom. The molecule has 4 rings (SSSR count). The van der Waals surface area contributed by atoms with E-state index in [0.29, 0.717) is 6.42 Å². The van der Waals surface area contributed by atoms with Crippen molar-refractivity contribution in [1.82, 2.24) is 14.9 Å². The second-order valence-corrected chi connectivity index (χ2v) is 7.53. The molecular formula is C19H21F3N4O4. The lowest BCUT2D eigenvalue weighted by molar-refractivity contribution is -0.192. The molecule has 2 aromatic heterocycles. The van der Waals surface area contributed by atoms with Crippen LogP contribution in [0.15, 0.2) is 35.3 Å². The second kappa shape index (κ2) is 8.42. The fraction of sp³-hybridized carbons (Fsp3) is 0.474. The molecule has 1 unspecified atom stereocenters. The van der Waals surface area contributed by atoms with Crippen LogP contribution in [0.3, 0.4) is 0 Å². The smallest absolute Gasteiger partial charge is 0.475 e. The Balaban J connectivity index is 0.000000318. The second-order valence-electron chi connectivity index (χ2n) is 7.53. The van der Waals surface area contributed by atoms with Gasteiger partial charge in [0, 0.05) is 24.9 Å². The average molecular weight is 426 g/mol. The van der Waals surface area contributed by atoms with E-state index in [2.05, 4.69) is 14.9 Å². The number of aryl methyl sites for hydroxylation is 1. The lowest BCUT2D eigenvalue weighted by atomic mass is 9.86. The minimum atomic E-state index is -5.08. The van der Waals surface area contributed by atoms with Gasteiger partial charge >= 0.3 is 12.1 Å². The number of furan rings is 1. The molecule has 0 bridgehead atoms. The van der Waals surface area contributed by atoms with E-state index in [4.69, 9.17) is 14.3 Å². The van der Waals surface area contributed by atoms with E-state index in [0.717, 1.165) is 49.8 Å². The van der Waals surface area contributed by atoms with E-state index >= 15 is 0 Å². The van der Waals surface area contributed by atoms with Crippen LogP contribution in [-0.4, -0.2) is 57.7 Å². The fourth-order valence-corrected chi connectivity index (χ4v) is 3.79. The molecule has 2 aromatic rings. The van der Waals surface area contributed by atoms with Gasteiger partial charge in [-0.15, -0.1) is 0 Å². The van der Waals surface area contributed by atoms with Crippen molar-refractivity contribution in [3.63, 3.8) is 0 Å². The number of hydrogen-bond acceptors (Lipinski definition) is 6. The number of carbonyl (C=O) groups is 2. The number of aromatic nitrogens is 2. The molecule has 1 amide bonds. The van der Waals surface area contributed by atoms with Gasteiger partial charge in [-0.2, -0.15) is 13.2 Å². The van der Waals surface area contributed by atoms with Gasteiger partial charge in [0.15, 0.2) is 0 Å². The van der Waals surface area contributed by atoms with Crippen LogP contribution in [0.2, 0.25) is 0 Å². The van der Waals surface area contributed by atoms with Crippen LogP contribution >= 0.6 is 0 Å². The van der Waals surface area contributed by atoms with Crippen molar-refractivity contribution in [2.75, 3.05) is 24.5 Å². The summed E-state index contributed by atoms with van der Waals surface area (Å²) < 4.78 is 37.4. The van der Waals surface area contributed by atoms with Crippen molar-refractivity contribution in [3.8, 4) is 0 Å². The molecule has 2 aliphatic heterocycles. The molecule has 0 aromatic carbocycles. The van der Waals surface area contributed by atoms with Gasteiger partial charge in [0.1, 0.15) is 17.8 Å². The van der Waals surface area contributed by atoms with E-state index in [1.54, 1.807) is 12.4 Å². The fourth-order valence-electron chi connectivity index (χ4n) is 3.79. The summed E-state index contributed by atoms with van der Waals surface area (Å²) in [7, 11) is 0. The number of likely N-dealkylation sites (tertiary alicyclic amines) is 1. The molecule has 8 nitrogen and oxygen atoms in total. The van der Waals surface area contributed by atoms with Gasteiger partial charge in [0.25, 0.3) is 0 Å². The highest BCUT2D eigenvalue weighted by atomic mass is 19.4. The topological polar surface area (TPSA) is 99.8 Å². The normalized spacial score (nSPS) is 21.7. The summed E-state index contributed by atoms with van der Waals surface area (Å²) in [6, 6.07) is 4.03. The zero-order valence-corrected chi connectivity index (χ0v) is 16.2. The van der Waals surface area contributed by atoms with E-state index in [9.17, 15) is 18.0 Å².